The third-order valence-electron chi connectivity index (χ3n) is 2.04. The van der Waals surface area contributed by atoms with E-state index in [-0.39, 0.29) is 17.8 Å². The van der Waals surface area contributed by atoms with Gasteiger partial charge in [-0.15, -0.1) is 5.10 Å². The quantitative estimate of drug-likeness (QED) is 0.607. The van der Waals surface area contributed by atoms with E-state index in [1.807, 2.05) is 0 Å². The van der Waals surface area contributed by atoms with E-state index in [1.165, 1.54) is 24.2 Å². The predicted molar refractivity (Wildman–Crippen MR) is 65.0 cm³/mol. The van der Waals surface area contributed by atoms with E-state index in [4.69, 9.17) is 9.52 Å². The molecule has 1 atom stereocenters. The highest BCUT2D eigenvalue weighted by molar-refractivity contribution is 8.15. The number of furan rings is 1. The average molecular weight is 253 g/mol. The zero-order valence-electron chi connectivity index (χ0n) is 8.87. The predicted octanol–water partition coefficient (Wildman–Crippen LogP) is 0.583. The van der Waals surface area contributed by atoms with Gasteiger partial charge in [0, 0.05) is 6.61 Å². The number of carbonyl (C=O) groups excluding carboxylic acids is 1. The van der Waals surface area contributed by atoms with Crippen LogP contribution in [0.2, 0.25) is 0 Å². The molecule has 6 nitrogen and oxygen atoms in total. The first-order valence-electron chi connectivity index (χ1n) is 5.02. The zero-order valence-corrected chi connectivity index (χ0v) is 9.68. The van der Waals surface area contributed by atoms with Crippen molar-refractivity contribution in [1.82, 2.24) is 5.32 Å². The molecule has 1 saturated heterocycles. The number of amidine groups is 1. The van der Waals surface area contributed by atoms with Crippen molar-refractivity contribution in [1.29, 1.82) is 0 Å². The Labute approximate surface area is 102 Å². The van der Waals surface area contributed by atoms with Crippen LogP contribution in [-0.4, -0.2) is 34.3 Å². The van der Waals surface area contributed by atoms with Gasteiger partial charge in [-0.3, -0.25) is 4.79 Å². The van der Waals surface area contributed by atoms with E-state index in [9.17, 15) is 4.79 Å². The first-order valence-corrected chi connectivity index (χ1v) is 5.90. The van der Waals surface area contributed by atoms with Crippen LogP contribution in [-0.2, 0) is 4.79 Å². The van der Waals surface area contributed by atoms with Crippen LogP contribution in [0.25, 0.3) is 0 Å². The van der Waals surface area contributed by atoms with Gasteiger partial charge in [0.2, 0.25) is 5.91 Å². The Morgan fingerprint density at radius 3 is 3.24 bits per heavy atom. The Bertz CT molecular complexity index is 442. The van der Waals surface area contributed by atoms with Crippen LogP contribution in [0, 0.1) is 0 Å². The monoisotopic (exact) mass is 253 g/mol. The Kier molecular flexibility index (Phi) is 3.94. The maximum Gasteiger partial charge on any atom is 0.239 e. The van der Waals surface area contributed by atoms with Crippen LogP contribution in [0.15, 0.2) is 33.0 Å². The van der Waals surface area contributed by atoms with E-state index < -0.39 is 0 Å². The number of hydrogen-bond acceptors (Lipinski definition) is 6. The zero-order chi connectivity index (χ0) is 12.1. The summed E-state index contributed by atoms with van der Waals surface area (Å²) < 4.78 is 5.03. The summed E-state index contributed by atoms with van der Waals surface area (Å²) in [6.45, 7) is -0.0198. The van der Waals surface area contributed by atoms with Crippen molar-refractivity contribution < 1.29 is 14.3 Å². The number of amides is 1. The molecule has 0 aromatic carbocycles. The second kappa shape index (κ2) is 5.65. The van der Waals surface area contributed by atoms with Crippen LogP contribution in [0.1, 0.15) is 12.2 Å². The Morgan fingerprint density at radius 2 is 2.53 bits per heavy atom. The average Bonchev–Trinajstić information content (AvgIpc) is 2.91. The molecule has 2 N–H and O–H groups in total. The van der Waals surface area contributed by atoms with E-state index >= 15 is 0 Å². The minimum atomic E-state index is -0.280. The molecule has 1 amide bonds. The third-order valence-corrected chi connectivity index (χ3v) is 3.19. The summed E-state index contributed by atoms with van der Waals surface area (Å²) in [5.41, 5.74) is 0. The fraction of sp³-hybridized carbons (Fsp3) is 0.300. The first-order chi connectivity index (χ1) is 8.29. The normalized spacial score (nSPS) is 22.5. The second-order valence-electron chi connectivity index (χ2n) is 3.27. The first kappa shape index (κ1) is 11.9. The van der Waals surface area contributed by atoms with E-state index in [0.717, 1.165) is 0 Å². The minimum absolute atomic E-state index is 0.0198. The molecule has 2 rings (SSSR count). The molecule has 1 aliphatic rings. The topological polar surface area (TPSA) is 87.2 Å². The summed E-state index contributed by atoms with van der Waals surface area (Å²) in [5.74, 6) is 0.451. The van der Waals surface area contributed by atoms with Crippen molar-refractivity contribution in [3.63, 3.8) is 0 Å². The molecule has 17 heavy (non-hydrogen) atoms. The number of carbonyl (C=O) groups is 1. The second-order valence-corrected chi connectivity index (χ2v) is 4.46. The number of hydrogen-bond donors (Lipinski definition) is 2. The molecule has 2 heterocycles. The van der Waals surface area contributed by atoms with Crippen molar-refractivity contribution in [2.45, 2.75) is 11.7 Å². The Morgan fingerprint density at radius 1 is 1.65 bits per heavy atom. The lowest BCUT2D eigenvalue weighted by atomic mass is 10.3. The standard InChI is InChI=1S/C10H11N3O3S/c14-4-3-8-9(15)12-10(17-8)13-11-6-7-2-1-5-16-7/h1-2,5-6,8,14H,3-4H2,(H,12,13,15)/b11-6-/t8-/m0/s1. The molecule has 1 aromatic heterocycles. The number of aliphatic hydroxyl groups is 1. The molecule has 1 aromatic rings. The van der Waals surface area contributed by atoms with Crippen molar-refractivity contribution in [2.75, 3.05) is 6.61 Å². The van der Waals surface area contributed by atoms with Gasteiger partial charge >= 0.3 is 0 Å². The van der Waals surface area contributed by atoms with Crippen molar-refractivity contribution in [2.24, 2.45) is 10.2 Å². The van der Waals surface area contributed by atoms with Gasteiger partial charge in [0.25, 0.3) is 0 Å². The lowest BCUT2D eigenvalue weighted by molar-refractivity contribution is -0.119. The third kappa shape index (κ3) is 3.18. The molecular weight excluding hydrogens is 242 g/mol. The molecule has 7 heteroatoms. The van der Waals surface area contributed by atoms with Crippen molar-refractivity contribution >= 4 is 29.1 Å². The lowest BCUT2D eigenvalue weighted by Gasteiger charge is -1.98. The molecule has 1 aliphatic heterocycles. The molecule has 0 aliphatic carbocycles. The van der Waals surface area contributed by atoms with Gasteiger partial charge in [-0.2, -0.15) is 5.10 Å². The van der Waals surface area contributed by atoms with Gasteiger partial charge in [-0.05, 0) is 18.6 Å². The molecule has 0 bridgehead atoms. The summed E-state index contributed by atoms with van der Waals surface area (Å²) in [6, 6.07) is 3.50. The van der Waals surface area contributed by atoms with Crippen molar-refractivity contribution in [3.8, 4) is 0 Å². The van der Waals surface area contributed by atoms with Crippen LogP contribution in [0.5, 0.6) is 0 Å². The van der Waals surface area contributed by atoms with Gasteiger partial charge < -0.3 is 14.8 Å². The molecule has 0 spiro atoms. The molecular formula is C10H11N3O3S. The molecule has 0 radical (unpaired) electrons. The Balaban J connectivity index is 1.93. The van der Waals surface area contributed by atoms with Gasteiger partial charge in [0.1, 0.15) is 5.76 Å². The van der Waals surface area contributed by atoms with E-state index in [0.29, 0.717) is 17.3 Å². The summed E-state index contributed by atoms with van der Waals surface area (Å²) in [4.78, 5) is 11.4. The number of thioether (sulfide) groups is 1. The van der Waals surface area contributed by atoms with Gasteiger partial charge in [0.15, 0.2) is 5.17 Å². The fourth-order valence-corrected chi connectivity index (χ4v) is 2.17. The summed E-state index contributed by atoms with van der Waals surface area (Å²) >= 11 is 1.27. The highest BCUT2D eigenvalue weighted by Crippen LogP contribution is 2.21. The van der Waals surface area contributed by atoms with Crippen LogP contribution in [0.3, 0.4) is 0 Å². The summed E-state index contributed by atoms with van der Waals surface area (Å²) in [6.07, 6.45) is 3.41. The minimum Gasteiger partial charge on any atom is -0.463 e. The summed E-state index contributed by atoms with van der Waals surface area (Å²) in [5, 5.41) is 19.2. The number of nitrogens with one attached hydrogen (secondary N) is 1. The van der Waals surface area contributed by atoms with Crippen LogP contribution in [0.4, 0.5) is 0 Å². The number of nitrogens with zero attached hydrogens (tertiary/aromatic N) is 2. The van der Waals surface area contributed by atoms with E-state index in [1.54, 1.807) is 12.1 Å². The largest absolute Gasteiger partial charge is 0.463 e. The molecule has 0 saturated carbocycles. The van der Waals surface area contributed by atoms with Crippen LogP contribution >= 0.6 is 11.8 Å². The lowest BCUT2D eigenvalue weighted by Crippen LogP contribution is -2.25. The van der Waals surface area contributed by atoms with E-state index in [2.05, 4.69) is 15.5 Å². The van der Waals surface area contributed by atoms with Gasteiger partial charge in [0.05, 0.1) is 17.7 Å². The van der Waals surface area contributed by atoms with Crippen molar-refractivity contribution in [3.05, 3.63) is 24.2 Å². The SMILES string of the molecule is O=C1N/C(=N/N=C\c2ccco2)S[C@H]1CCO. The highest BCUT2D eigenvalue weighted by Gasteiger charge is 2.29. The van der Waals surface area contributed by atoms with Gasteiger partial charge in [-0.1, -0.05) is 11.8 Å². The summed E-state index contributed by atoms with van der Waals surface area (Å²) in [7, 11) is 0. The highest BCUT2D eigenvalue weighted by atomic mass is 32.2. The molecule has 0 unspecified atom stereocenters. The maximum absolute atomic E-state index is 11.4. The van der Waals surface area contributed by atoms with Gasteiger partial charge in [-0.25, -0.2) is 0 Å². The molecule has 1 fully saturated rings. The molecule has 90 valence electrons. The van der Waals surface area contributed by atoms with Crippen LogP contribution < -0.4 is 5.32 Å². The smallest absolute Gasteiger partial charge is 0.239 e. The Hall–Kier alpha value is -1.60. The number of aliphatic hydroxyl groups excluding tert-OH is 1. The number of rotatable bonds is 4. The fourth-order valence-electron chi connectivity index (χ4n) is 1.26. The maximum atomic E-state index is 11.4.